The zero-order valence-corrected chi connectivity index (χ0v) is 10.2. The van der Waals surface area contributed by atoms with Crippen LogP contribution < -0.4 is 15.4 Å². The number of amides is 2. The molecule has 2 amide bonds. The van der Waals surface area contributed by atoms with Gasteiger partial charge in [0.05, 0.1) is 12.8 Å². The van der Waals surface area contributed by atoms with Gasteiger partial charge in [0, 0.05) is 19.0 Å². The molecule has 0 aromatic heterocycles. The minimum absolute atomic E-state index is 0.101. The first-order valence-electron chi connectivity index (χ1n) is 5.32. The van der Waals surface area contributed by atoms with Crippen LogP contribution in [0.1, 0.15) is 23.7 Å². The second kappa shape index (κ2) is 5.89. The fraction of sp³-hybridized carbons (Fsp3) is 0.333. The summed E-state index contributed by atoms with van der Waals surface area (Å²) in [5.74, 6) is 0.167. The average Bonchev–Trinajstić information content (AvgIpc) is 2.37. The number of nitrogens with one attached hydrogen (secondary N) is 2. The largest absolute Gasteiger partial charge is 0.495 e. The molecule has 0 unspecified atom stereocenters. The van der Waals surface area contributed by atoms with Gasteiger partial charge in [0.2, 0.25) is 5.91 Å². The molecule has 0 radical (unpaired) electrons. The maximum Gasteiger partial charge on any atom is 0.251 e. The molecule has 0 spiro atoms. The molecule has 5 nitrogen and oxygen atoms in total. The predicted molar refractivity (Wildman–Crippen MR) is 65.3 cm³/mol. The van der Waals surface area contributed by atoms with Gasteiger partial charge in [-0.3, -0.25) is 9.59 Å². The first kappa shape index (κ1) is 13.0. The highest BCUT2D eigenvalue weighted by molar-refractivity contribution is 5.97. The topological polar surface area (TPSA) is 67.4 Å². The Kier molecular flexibility index (Phi) is 4.51. The number of methoxy groups -OCH3 is 1. The summed E-state index contributed by atoms with van der Waals surface area (Å²) in [6.45, 7) is 1.76. The summed E-state index contributed by atoms with van der Waals surface area (Å²) in [4.78, 5) is 22.7. The van der Waals surface area contributed by atoms with Gasteiger partial charge in [-0.15, -0.1) is 0 Å². The van der Waals surface area contributed by atoms with Crippen LogP contribution in [0.3, 0.4) is 0 Å². The molecule has 92 valence electrons. The summed E-state index contributed by atoms with van der Waals surface area (Å²) in [7, 11) is 3.05. The van der Waals surface area contributed by atoms with Gasteiger partial charge in [-0.25, -0.2) is 0 Å². The summed E-state index contributed by atoms with van der Waals surface area (Å²) in [6, 6.07) is 4.87. The third-order valence-corrected chi connectivity index (χ3v) is 2.29. The van der Waals surface area contributed by atoms with Crippen molar-refractivity contribution in [2.24, 2.45) is 0 Å². The van der Waals surface area contributed by atoms with Crippen molar-refractivity contribution in [1.29, 1.82) is 0 Å². The first-order chi connectivity index (χ1) is 8.12. The number of carbonyl (C=O) groups is 2. The van der Waals surface area contributed by atoms with E-state index in [-0.39, 0.29) is 11.8 Å². The Morgan fingerprint density at radius 1 is 1.35 bits per heavy atom. The van der Waals surface area contributed by atoms with E-state index in [4.69, 9.17) is 4.74 Å². The second-order valence-electron chi connectivity index (χ2n) is 3.40. The van der Waals surface area contributed by atoms with Gasteiger partial charge < -0.3 is 15.4 Å². The van der Waals surface area contributed by atoms with E-state index in [0.717, 1.165) is 0 Å². The van der Waals surface area contributed by atoms with Gasteiger partial charge in [-0.1, -0.05) is 6.92 Å². The van der Waals surface area contributed by atoms with Crippen LogP contribution in [0.15, 0.2) is 18.2 Å². The Morgan fingerprint density at radius 3 is 2.59 bits per heavy atom. The smallest absolute Gasteiger partial charge is 0.251 e. The highest BCUT2D eigenvalue weighted by atomic mass is 16.5. The molecular weight excluding hydrogens is 220 g/mol. The molecule has 0 aliphatic carbocycles. The van der Waals surface area contributed by atoms with Crippen LogP contribution in [0.5, 0.6) is 5.75 Å². The molecule has 1 aromatic carbocycles. The van der Waals surface area contributed by atoms with Gasteiger partial charge in [0.25, 0.3) is 5.91 Å². The highest BCUT2D eigenvalue weighted by Crippen LogP contribution is 2.25. The lowest BCUT2D eigenvalue weighted by atomic mass is 10.1. The minimum atomic E-state index is -0.198. The third-order valence-electron chi connectivity index (χ3n) is 2.29. The molecule has 0 aliphatic heterocycles. The van der Waals surface area contributed by atoms with Crippen LogP contribution in [0.2, 0.25) is 0 Å². The highest BCUT2D eigenvalue weighted by Gasteiger charge is 2.10. The van der Waals surface area contributed by atoms with Gasteiger partial charge in [0.15, 0.2) is 0 Å². The zero-order chi connectivity index (χ0) is 12.8. The van der Waals surface area contributed by atoms with E-state index in [1.807, 2.05) is 0 Å². The minimum Gasteiger partial charge on any atom is -0.495 e. The molecule has 0 aliphatic rings. The van der Waals surface area contributed by atoms with Crippen LogP contribution in [0.25, 0.3) is 0 Å². The fourth-order valence-electron chi connectivity index (χ4n) is 1.32. The van der Waals surface area contributed by atoms with E-state index in [1.54, 1.807) is 32.2 Å². The van der Waals surface area contributed by atoms with E-state index in [2.05, 4.69) is 10.6 Å². The average molecular weight is 236 g/mol. The summed E-state index contributed by atoms with van der Waals surface area (Å²) in [5, 5.41) is 5.22. The molecule has 0 saturated heterocycles. The Labute approximate surface area is 100 Å². The molecule has 0 fully saturated rings. The van der Waals surface area contributed by atoms with E-state index in [1.165, 1.54) is 7.11 Å². The van der Waals surface area contributed by atoms with E-state index >= 15 is 0 Å². The van der Waals surface area contributed by atoms with Gasteiger partial charge in [0.1, 0.15) is 5.75 Å². The van der Waals surface area contributed by atoms with Gasteiger partial charge in [-0.05, 0) is 18.2 Å². The van der Waals surface area contributed by atoms with Gasteiger partial charge in [-0.2, -0.15) is 0 Å². The lowest BCUT2D eigenvalue weighted by Crippen LogP contribution is -2.18. The predicted octanol–water partition coefficient (Wildman–Crippen LogP) is 1.40. The number of hydrogen-bond acceptors (Lipinski definition) is 3. The van der Waals surface area contributed by atoms with Crippen LogP contribution in [0.4, 0.5) is 5.69 Å². The van der Waals surface area contributed by atoms with Crippen molar-refractivity contribution >= 4 is 17.5 Å². The number of rotatable bonds is 4. The van der Waals surface area contributed by atoms with Crippen molar-refractivity contribution in [2.75, 3.05) is 19.5 Å². The molecule has 1 aromatic rings. The zero-order valence-electron chi connectivity index (χ0n) is 10.2. The molecule has 1 rings (SSSR count). The summed E-state index contributed by atoms with van der Waals surface area (Å²) in [5.41, 5.74) is 1.05. The standard InChI is InChI=1S/C12H16N2O3/c1-4-11(15)14-9-6-5-8(12(16)13-2)7-10(9)17-3/h5-7H,4H2,1-3H3,(H,13,16)(H,14,15). The molecule has 5 heteroatoms. The van der Waals surface area contributed by atoms with E-state index in [0.29, 0.717) is 23.4 Å². The van der Waals surface area contributed by atoms with Crippen molar-refractivity contribution in [3.8, 4) is 5.75 Å². The van der Waals surface area contributed by atoms with Gasteiger partial charge >= 0.3 is 0 Å². The van der Waals surface area contributed by atoms with Crippen LogP contribution in [-0.2, 0) is 4.79 Å². The molecule has 0 atom stereocenters. The van der Waals surface area contributed by atoms with Crippen LogP contribution in [-0.4, -0.2) is 26.0 Å². The quantitative estimate of drug-likeness (QED) is 0.830. The van der Waals surface area contributed by atoms with Crippen molar-refractivity contribution < 1.29 is 14.3 Å². The second-order valence-corrected chi connectivity index (χ2v) is 3.40. The molecule has 0 bridgehead atoms. The maximum atomic E-state index is 11.4. The maximum absolute atomic E-state index is 11.4. The third kappa shape index (κ3) is 3.21. The molecule has 2 N–H and O–H groups in total. The monoisotopic (exact) mass is 236 g/mol. The van der Waals surface area contributed by atoms with Crippen molar-refractivity contribution in [3.63, 3.8) is 0 Å². The van der Waals surface area contributed by atoms with Crippen LogP contribution in [0, 0.1) is 0 Å². The number of anilines is 1. The normalized spacial score (nSPS) is 9.59. The fourth-order valence-corrected chi connectivity index (χ4v) is 1.32. The summed E-state index contributed by atoms with van der Waals surface area (Å²) >= 11 is 0. The molecule has 0 heterocycles. The molecule has 17 heavy (non-hydrogen) atoms. The SMILES string of the molecule is CCC(=O)Nc1ccc(C(=O)NC)cc1OC. The summed E-state index contributed by atoms with van der Waals surface area (Å²) < 4.78 is 5.13. The summed E-state index contributed by atoms with van der Waals surface area (Å²) in [6.07, 6.45) is 0.389. The van der Waals surface area contributed by atoms with Crippen LogP contribution >= 0.6 is 0 Å². The van der Waals surface area contributed by atoms with Crippen molar-refractivity contribution in [3.05, 3.63) is 23.8 Å². The first-order valence-corrected chi connectivity index (χ1v) is 5.32. The lowest BCUT2D eigenvalue weighted by Gasteiger charge is -2.10. The molecular formula is C12H16N2O3. The number of ether oxygens (including phenoxy) is 1. The Hall–Kier alpha value is -2.04. The number of benzene rings is 1. The van der Waals surface area contributed by atoms with E-state index < -0.39 is 0 Å². The van der Waals surface area contributed by atoms with Crippen molar-refractivity contribution in [1.82, 2.24) is 5.32 Å². The Bertz CT molecular complexity index is 430. The molecule has 0 saturated carbocycles. The van der Waals surface area contributed by atoms with Crippen molar-refractivity contribution in [2.45, 2.75) is 13.3 Å². The van der Waals surface area contributed by atoms with E-state index in [9.17, 15) is 9.59 Å². The Morgan fingerprint density at radius 2 is 2.06 bits per heavy atom. The number of carbonyl (C=O) groups excluding carboxylic acids is 2. The number of hydrogen-bond donors (Lipinski definition) is 2. The Balaban J connectivity index is 3.01. The lowest BCUT2D eigenvalue weighted by molar-refractivity contribution is -0.115.